The van der Waals surface area contributed by atoms with Crippen LogP contribution in [0.4, 0.5) is 0 Å². The van der Waals surface area contributed by atoms with E-state index in [1.54, 1.807) is 0 Å². The lowest BCUT2D eigenvalue weighted by Gasteiger charge is -2.38. The van der Waals surface area contributed by atoms with Gasteiger partial charge in [-0.05, 0) is 31.1 Å². The van der Waals surface area contributed by atoms with Crippen molar-refractivity contribution in [3.8, 4) is 5.75 Å². The molecule has 4 N–H and O–H groups in total. The maximum absolute atomic E-state index is 13.3. The fourth-order valence-electron chi connectivity index (χ4n) is 4.41. The van der Waals surface area contributed by atoms with Crippen molar-refractivity contribution in [2.75, 3.05) is 13.2 Å². The smallest absolute Gasteiger partial charge is 0.198 e. The Morgan fingerprint density at radius 3 is 2.71 bits per heavy atom. The van der Waals surface area contributed by atoms with Gasteiger partial charge in [0.1, 0.15) is 18.0 Å². The average Bonchev–Trinajstić information content (AvgIpc) is 2.70. The first-order chi connectivity index (χ1) is 14.7. The van der Waals surface area contributed by atoms with E-state index in [0.29, 0.717) is 24.0 Å². The molecule has 0 radical (unpaired) electrons. The minimum Gasteiger partial charge on any atom is -0.507 e. The van der Waals surface area contributed by atoms with Crippen molar-refractivity contribution < 1.29 is 44.2 Å². The van der Waals surface area contributed by atoms with Gasteiger partial charge in [0.2, 0.25) is 0 Å². The number of aromatic hydroxyl groups is 1. The molecule has 9 heteroatoms. The van der Waals surface area contributed by atoms with E-state index in [1.165, 1.54) is 13.0 Å². The molecule has 1 aromatic carbocycles. The lowest BCUT2D eigenvalue weighted by Crippen LogP contribution is -2.47. The molecule has 0 bridgehead atoms. The molecule has 5 atom stereocenters. The monoisotopic (exact) mass is 434 g/mol. The minimum atomic E-state index is -1.46. The summed E-state index contributed by atoms with van der Waals surface area (Å²) < 4.78 is 16.6. The van der Waals surface area contributed by atoms with Crippen molar-refractivity contribution in [2.45, 2.75) is 63.5 Å². The number of hydrogen-bond acceptors (Lipinski definition) is 9. The Bertz CT molecular complexity index is 949. The van der Waals surface area contributed by atoms with Gasteiger partial charge in [-0.2, -0.15) is 0 Å². The second-order valence-electron chi connectivity index (χ2n) is 8.35. The van der Waals surface area contributed by atoms with Crippen LogP contribution in [0.2, 0.25) is 0 Å². The Labute approximate surface area is 178 Å². The Hall–Kier alpha value is -2.14. The number of phenolic OH excluding ortho intramolecular Hbond substituents is 1. The minimum absolute atomic E-state index is 0.0347. The largest absolute Gasteiger partial charge is 0.507 e. The van der Waals surface area contributed by atoms with Crippen molar-refractivity contribution in [2.24, 2.45) is 0 Å². The van der Waals surface area contributed by atoms with Gasteiger partial charge in [0, 0.05) is 17.5 Å². The molecular formula is C22H26O9. The molecule has 2 aliphatic heterocycles. The van der Waals surface area contributed by atoms with Crippen LogP contribution in [0.5, 0.6) is 5.75 Å². The number of fused-ring (bicyclic) bond motifs is 2. The van der Waals surface area contributed by atoms with E-state index in [2.05, 4.69) is 0 Å². The van der Waals surface area contributed by atoms with Gasteiger partial charge in [0.15, 0.2) is 23.6 Å². The number of ketones is 2. The predicted molar refractivity (Wildman–Crippen MR) is 106 cm³/mol. The topological polar surface area (TPSA) is 143 Å². The van der Waals surface area contributed by atoms with E-state index in [9.17, 15) is 30.0 Å². The molecule has 1 aliphatic carbocycles. The molecular weight excluding hydrogens is 408 g/mol. The molecule has 1 fully saturated rings. The second kappa shape index (κ2) is 8.09. The molecule has 3 aliphatic rings. The van der Waals surface area contributed by atoms with Crippen LogP contribution in [0.25, 0.3) is 0 Å². The summed E-state index contributed by atoms with van der Waals surface area (Å²) in [6, 6.07) is 1.53. The van der Waals surface area contributed by atoms with Gasteiger partial charge in [-0.15, -0.1) is 0 Å². The Morgan fingerprint density at radius 1 is 1.29 bits per heavy atom. The molecule has 0 saturated carbocycles. The van der Waals surface area contributed by atoms with Gasteiger partial charge in [-0.25, -0.2) is 0 Å². The van der Waals surface area contributed by atoms with Gasteiger partial charge < -0.3 is 34.6 Å². The van der Waals surface area contributed by atoms with E-state index in [1.807, 2.05) is 6.92 Å². The molecule has 1 aromatic rings. The number of aliphatic hydroxyl groups is 3. The van der Waals surface area contributed by atoms with Crippen LogP contribution in [0, 0.1) is 0 Å². The number of carbonyl (C=O) groups is 2. The number of carbonyl (C=O) groups excluding carboxylic acids is 2. The third-order valence-electron chi connectivity index (χ3n) is 5.83. The number of hydrogen-bond donors (Lipinski definition) is 4. The van der Waals surface area contributed by atoms with E-state index < -0.39 is 48.6 Å². The van der Waals surface area contributed by atoms with Crippen molar-refractivity contribution in [3.05, 3.63) is 40.0 Å². The fourth-order valence-corrected chi connectivity index (χ4v) is 4.41. The van der Waals surface area contributed by atoms with Gasteiger partial charge in [-0.3, -0.25) is 9.59 Å². The molecule has 1 saturated heterocycles. The van der Waals surface area contributed by atoms with Crippen LogP contribution in [0.1, 0.15) is 64.6 Å². The molecule has 0 spiro atoms. The Morgan fingerprint density at radius 2 is 2.03 bits per heavy atom. The van der Waals surface area contributed by atoms with Crippen LogP contribution in [0.15, 0.2) is 17.7 Å². The van der Waals surface area contributed by atoms with E-state index in [4.69, 9.17) is 14.2 Å². The quantitative estimate of drug-likeness (QED) is 0.544. The summed E-state index contributed by atoms with van der Waals surface area (Å²) in [5, 5.41) is 40.7. The summed E-state index contributed by atoms with van der Waals surface area (Å²) in [7, 11) is 0. The Kier molecular flexibility index (Phi) is 5.76. The zero-order valence-corrected chi connectivity index (χ0v) is 17.3. The number of aliphatic hydroxyl groups excluding tert-OH is 2. The van der Waals surface area contributed by atoms with Crippen LogP contribution in [0.3, 0.4) is 0 Å². The molecule has 31 heavy (non-hydrogen) atoms. The molecule has 0 aromatic heterocycles. The van der Waals surface area contributed by atoms with Gasteiger partial charge in [0.25, 0.3) is 0 Å². The fraction of sp³-hybridized carbons (Fsp3) is 0.545. The van der Waals surface area contributed by atoms with Crippen molar-refractivity contribution in [3.63, 3.8) is 0 Å². The first-order valence-electron chi connectivity index (χ1n) is 10.3. The molecule has 0 unspecified atom stereocenters. The van der Waals surface area contributed by atoms with E-state index in [0.717, 1.165) is 6.08 Å². The van der Waals surface area contributed by atoms with Crippen LogP contribution in [-0.2, 0) is 20.6 Å². The molecule has 9 nitrogen and oxygen atoms in total. The number of allylic oxidation sites excluding steroid dienone is 1. The molecule has 4 rings (SSSR count). The van der Waals surface area contributed by atoms with Crippen molar-refractivity contribution in [1.29, 1.82) is 0 Å². The number of benzene rings is 1. The third-order valence-corrected chi connectivity index (χ3v) is 5.83. The van der Waals surface area contributed by atoms with Crippen molar-refractivity contribution >= 4 is 11.6 Å². The summed E-state index contributed by atoms with van der Waals surface area (Å²) in [6.07, 6.45) is -1.56. The number of Topliss-reactive ketones (excluding diaryl/α,β-unsaturated/α-hetero) is 1. The first kappa shape index (κ1) is 22.1. The third kappa shape index (κ3) is 3.82. The standard InChI is InChI=1S/C22H26O9/c1-3-4-15-17-10(7-22(2,28)31-15)5-11-13(24)6-12(19(26)18(11)20(17)27)21-29-9-14(25)16(8-23)30-21/h5-6,14-16,21,23,25,27-28H,3-4,7-9H2,1-2H3/t14-,15+,16+,21-,22+/m1/s1. The number of phenols is 1. The average molecular weight is 434 g/mol. The van der Waals surface area contributed by atoms with Crippen LogP contribution in [-0.4, -0.2) is 69.5 Å². The van der Waals surface area contributed by atoms with Gasteiger partial charge in [-0.1, -0.05) is 13.3 Å². The Balaban J connectivity index is 1.76. The normalized spacial score (nSPS) is 33.0. The first-order valence-corrected chi connectivity index (χ1v) is 10.3. The summed E-state index contributed by atoms with van der Waals surface area (Å²) in [5.74, 6) is -2.96. The highest BCUT2D eigenvalue weighted by atomic mass is 16.7. The predicted octanol–water partition coefficient (Wildman–Crippen LogP) is 0.915. The summed E-state index contributed by atoms with van der Waals surface area (Å²) in [5.41, 5.74) is 0.703. The SMILES string of the molecule is CCC[C@@H]1O[C@](C)(O)Cc2cc3c(c(O)c21)C(=O)C([C@@H]1OC[C@@H](O)[C@H](CO)O1)=CC3=O. The lowest BCUT2D eigenvalue weighted by molar-refractivity contribution is -0.241. The highest BCUT2D eigenvalue weighted by Crippen LogP contribution is 2.46. The lowest BCUT2D eigenvalue weighted by atomic mass is 9.81. The maximum Gasteiger partial charge on any atom is 0.198 e. The summed E-state index contributed by atoms with van der Waals surface area (Å²) in [4.78, 5) is 26.1. The van der Waals surface area contributed by atoms with Crippen molar-refractivity contribution in [1.82, 2.24) is 0 Å². The van der Waals surface area contributed by atoms with E-state index in [-0.39, 0.29) is 35.5 Å². The summed E-state index contributed by atoms with van der Waals surface area (Å²) in [6.45, 7) is 2.78. The van der Waals surface area contributed by atoms with Crippen LogP contribution < -0.4 is 0 Å². The zero-order chi connectivity index (χ0) is 22.5. The zero-order valence-electron chi connectivity index (χ0n) is 17.3. The number of ether oxygens (including phenoxy) is 3. The van der Waals surface area contributed by atoms with Gasteiger partial charge >= 0.3 is 0 Å². The highest BCUT2D eigenvalue weighted by molar-refractivity contribution is 6.26. The number of rotatable bonds is 4. The summed E-state index contributed by atoms with van der Waals surface area (Å²) >= 11 is 0. The molecule has 168 valence electrons. The highest BCUT2D eigenvalue weighted by Gasteiger charge is 2.43. The van der Waals surface area contributed by atoms with Gasteiger partial charge in [0.05, 0.1) is 30.5 Å². The van der Waals surface area contributed by atoms with Crippen LogP contribution >= 0.6 is 0 Å². The van der Waals surface area contributed by atoms with E-state index >= 15 is 0 Å². The second-order valence-corrected chi connectivity index (χ2v) is 8.35. The maximum atomic E-state index is 13.3. The molecule has 2 heterocycles. The molecule has 0 amide bonds.